The Kier molecular flexibility index (Phi) is 5.64. The maximum absolute atomic E-state index is 5.47. The van der Waals surface area contributed by atoms with E-state index < -0.39 is 0 Å². The molecular formula is C24H30N8O2. The molecule has 1 saturated carbocycles. The smallest absolute Gasteiger partial charge is 0.241 e. The van der Waals surface area contributed by atoms with Gasteiger partial charge in [-0.05, 0) is 38.0 Å². The van der Waals surface area contributed by atoms with Gasteiger partial charge in [0.25, 0.3) is 0 Å². The molecule has 1 saturated heterocycles. The van der Waals surface area contributed by atoms with Crippen LogP contribution in [0.15, 0.2) is 30.6 Å². The first-order valence-electron chi connectivity index (χ1n) is 12.0. The highest BCUT2D eigenvalue weighted by molar-refractivity contribution is 5.82. The zero-order valence-corrected chi connectivity index (χ0v) is 19.6. The fourth-order valence-electron chi connectivity index (χ4n) is 5.03. The summed E-state index contributed by atoms with van der Waals surface area (Å²) in [4.78, 5) is 16.7. The molecule has 2 fully saturated rings. The van der Waals surface area contributed by atoms with E-state index in [9.17, 15) is 0 Å². The van der Waals surface area contributed by atoms with Crippen LogP contribution in [-0.2, 0) is 16.0 Å². The van der Waals surface area contributed by atoms with E-state index in [0.717, 1.165) is 79.5 Å². The van der Waals surface area contributed by atoms with Gasteiger partial charge < -0.3 is 19.4 Å². The quantitative estimate of drug-likeness (QED) is 0.447. The Hall–Kier alpha value is -3.08. The van der Waals surface area contributed by atoms with Crippen LogP contribution in [0.25, 0.3) is 27.9 Å². The van der Waals surface area contributed by atoms with Crippen LogP contribution in [0, 0.1) is 6.92 Å². The third-order valence-corrected chi connectivity index (χ3v) is 7.00. The van der Waals surface area contributed by atoms with Gasteiger partial charge in [0.15, 0.2) is 5.65 Å². The van der Waals surface area contributed by atoms with Gasteiger partial charge in [0, 0.05) is 50.6 Å². The molecule has 1 N–H and O–H groups in total. The Balaban J connectivity index is 1.20. The molecule has 34 heavy (non-hydrogen) atoms. The Morgan fingerprint density at radius 1 is 1.15 bits per heavy atom. The molecule has 5 heterocycles. The Bertz CT molecular complexity index is 1300. The van der Waals surface area contributed by atoms with Gasteiger partial charge in [0.05, 0.1) is 37.2 Å². The number of imidazole rings is 1. The number of hydrogen-bond acceptors (Lipinski definition) is 8. The van der Waals surface area contributed by atoms with E-state index in [1.807, 2.05) is 42.0 Å². The normalized spacial score (nSPS) is 21.2. The van der Waals surface area contributed by atoms with Crippen molar-refractivity contribution in [2.45, 2.75) is 38.4 Å². The van der Waals surface area contributed by atoms with Crippen LogP contribution in [0.2, 0.25) is 0 Å². The number of fused-ring (bicyclic) bond motifs is 2. The minimum Gasteiger partial charge on any atom is -0.383 e. The summed E-state index contributed by atoms with van der Waals surface area (Å²) in [6.45, 7) is 7.11. The maximum atomic E-state index is 5.47. The molecule has 4 aromatic heterocycles. The molecule has 6 rings (SSSR count). The summed E-state index contributed by atoms with van der Waals surface area (Å²) in [5, 5.41) is 8.21. The first-order chi connectivity index (χ1) is 16.7. The number of anilines is 1. The molecule has 10 heteroatoms. The van der Waals surface area contributed by atoms with Gasteiger partial charge in [-0.15, -0.1) is 5.10 Å². The molecule has 1 aliphatic carbocycles. The van der Waals surface area contributed by atoms with E-state index in [1.165, 1.54) is 0 Å². The zero-order chi connectivity index (χ0) is 23.1. The molecule has 178 valence electrons. The summed E-state index contributed by atoms with van der Waals surface area (Å²) in [5.41, 5.74) is 4.56. The summed E-state index contributed by atoms with van der Waals surface area (Å²) in [5.74, 6) is 1.60. The van der Waals surface area contributed by atoms with Gasteiger partial charge in [0.1, 0.15) is 11.3 Å². The highest BCUT2D eigenvalue weighted by Crippen LogP contribution is 2.29. The summed E-state index contributed by atoms with van der Waals surface area (Å²) in [6, 6.07) is 7.14. The monoisotopic (exact) mass is 462 g/mol. The number of aromatic nitrogens is 6. The molecular weight excluding hydrogens is 432 g/mol. The second-order valence-electron chi connectivity index (χ2n) is 9.10. The van der Waals surface area contributed by atoms with E-state index in [2.05, 4.69) is 24.8 Å². The first kappa shape index (κ1) is 21.5. The van der Waals surface area contributed by atoms with Crippen molar-refractivity contribution in [1.82, 2.24) is 34.0 Å². The number of rotatable bonds is 7. The van der Waals surface area contributed by atoms with Crippen LogP contribution in [-0.4, -0.2) is 86.1 Å². The highest BCUT2D eigenvalue weighted by Gasteiger charge is 2.34. The van der Waals surface area contributed by atoms with Crippen molar-refractivity contribution in [2.75, 3.05) is 45.3 Å². The maximum Gasteiger partial charge on any atom is 0.241 e. The molecule has 2 aliphatic rings. The predicted molar refractivity (Wildman–Crippen MR) is 129 cm³/mol. The van der Waals surface area contributed by atoms with E-state index in [0.29, 0.717) is 24.6 Å². The van der Waals surface area contributed by atoms with Crippen molar-refractivity contribution in [3.8, 4) is 11.3 Å². The third kappa shape index (κ3) is 3.91. The van der Waals surface area contributed by atoms with E-state index in [-0.39, 0.29) is 0 Å². The van der Waals surface area contributed by atoms with Gasteiger partial charge in [-0.3, -0.25) is 4.90 Å². The number of methoxy groups -OCH3 is 1. The van der Waals surface area contributed by atoms with Gasteiger partial charge >= 0.3 is 0 Å². The fourth-order valence-corrected chi connectivity index (χ4v) is 5.03. The summed E-state index contributed by atoms with van der Waals surface area (Å²) < 4.78 is 14.7. The SMILES string of the molecule is COCCn1c(C)nc2ccc(-c3ccn4nc(NC5CC(N6CCOCC6)C5)ncc34)nc21. The standard InChI is InChI=1S/C24H30N8O2/c1-16-26-21-4-3-20(28-23(21)31(16)9-10-33-2)19-5-6-32-22(19)15-25-24(29-32)27-17-13-18(14-17)30-7-11-34-12-8-30/h3-6,15,17-18H,7-14H2,1-2H3,(H,27,29). The largest absolute Gasteiger partial charge is 0.383 e. The van der Waals surface area contributed by atoms with E-state index in [1.54, 1.807) is 7.11 Å². The fraction of sp³-hybridized carbons (Fsp3) is 0.500. The lowest BCUT2D eigenvalue weighted by Gasteiger charge is -2.44. The Labute approximate surface area is 197 Å². The van der Waals surface area contributed by atoms with Crippen molar-refractivity contribution in [1.29, 1.82) is 0 Å². The number of nitrogens with zero attached hydrogens (tertiary/aromatic N) is 7. The van der Waals surface area contributed by atoms with Crippen LogP contribution in [0.1, 0.15) is 18.7 Å². The van der Waals surface area contributed by atoms with Crippen LogP contribution in [0.4, 0.5) is 5.95 Å². The summed E-state index contributed by atoms with van der Waals surface area (Å²) >= 11 is 0. The summed E-state index contributed by atoms with van der Waals surface area (Å²) in [6.07, 6.45) is 6.09. The van der Waals surface area contributed by atoms with Gasteiger partial charge in [0.2, 0.25) is 5.95 Å². The average Bonchev–Trinajstić information content (AvgIpc) is 3.39. The first-order valence-corrected chi connectivity index (χ1v) is 12.0. The predicted octanol–water partition coefficient (Wildman–Crippen LogP) is 2.37. The number of hydrogen-bond donors (Lipinski definition) is 1. The van der Waals surface area contributed by atoms with Gasteiger partial charge in [-0.25, -0.2) is 19.5 Å². The van der Waals surface area contributed by atoms with Crippen molar-refractivity contribution < 1.29 is 9.47 Å². The van der Waals surface area contributed by atoms with E-state index in [4.69, 9.17) is 19.6 Å². The Morgan fingerprint density at radius 3 is 2.82 bits per heavy atom. The molecule has 4 aromatic rings. The van der Waals surface area contributed by atoms with Crippen molar-refractivity contribution in [3.63, 3.8) is 0 Å². The van der Waals surface area contributed by atoms with Crippen molar-refractivity contribution >= 4 is 22.6 Å². The molecule has 0 atom stereocenters. The van der Waals surface area contributed by atoms with E-state index >= 15 is 0 Å². The number of aryl methyl sites for hydroxylation is 1. The Morgan fingerprint density at radius 2 is 2.00 bits per heavy atom. The lowest BCUT2D eigenvalue weighted by molar-refractivity contribution is -0.00443. The van der Waals surface area contributed by atoms with Crippen LogP contribution in [0.5, 0.6) is 0 Å². The molecule has 0 spiro atoms. The second-order valence-corrected chi connectivity index (χ2v) is 9.10. The topological polar surface area (TPSA) is 94.6 Å². The van der Waals surface area contributed by atoms with Crippen molar-refractivity contribution in [3.05, 3.63) is 36.4 Å². The summed E-state index contributed by atoms with van der Waals surface area (Å²) in [7, 11) is 1.71. The number of nitrogens with one attached hydrogen (secondary N) is 1. The molecule has 0 radical (unpaired) electrons. The number of ether oxygens (including phenoxy) is 2. The van der Waals surface area contributed by atoms with Gasteiger partial charge in [-0.2, -0.15) is 0 Å². The third-order valence-electron chi connectivity index (χ3n) is 7.00. The minimum atomic E-state index is 0.417. The number of morpholine rings is 1. The second kappa shape index (κ2) is 8.94. The molecule has 0 unspecified atom stereocenters. The highest BCUT2D eigenvalue weighted by atomic mass is 16.5. The molecule has 10 nitrogen and oxygen atoms in total. The minimum absolute atomic E-state index is 0.417. The molecule has 1 aliphatic heterocycles. The molecule has 0 bridgehead atoms. The zero-order valence-electron chi connectivity index (χ0n) is 19.6. The van der Waals surface area contributed by atoms with Crippen LogP contribution < -0.4 is 5.32 Å². The van der Waals surface area contributed by atoms with Crippen molar-refractivity contribution in [2.24, 2.45) is 0 Å². The van der Waals surface area contributed by atoms with Crippen LogP contribution >= 0.6 is 0 Å². The molecule has 0 aromatic carbocycles. The lowest BCUT2D eigenvalue weighted by Crippen LogP contribution is -2.53. The molecule has 0 amide bonds. The van der Waals surface area contributed by atoms with Gasteiger partial charge in [-0.1, -0.05) is 0 Å². The van der Waals surface area contributed by atoms with Crippen LogP contribution in [0.3, 0.4) is 0 Å². The number of pyridine rings is 1. The average molecular weight is 463 g/mol. The lowest BCUT2D eigenvalue weighted by atomic mass is 9.85.